The van der Waals surface area contributed by atoms with Crippen LogP contribution in [0.4, 0.5) is 11.4 Å². The number of hydrogen-bond acceptors (Lipinski definition) is 6. The Morgan fingerprint density at radius 1 is 0.703 bits per heavy atom. The number of phenolic OH excluding ortho intramolecular Hbond substituents is 1. The molecule has 0 bridgehead atoms. The lowest BCUT2D eigenvalue weighted by atomic mass is 10.0. The molecule has 0 aliphatic heterocycles. The maximum Gasteiger partial charge on any atom is 0.142 e. The van der Waals surface area contributed by atoms with Crippen LogP contribution in [0.15, 0.2) is 85.1 Å². The first kappa shape index (κ1) is 25.6. The molecule has 0 aliphatic carbocycles. The molecule has 0 radical (unpaired) electrons. The highest BCUT2D eigenvalue weighted by Crippen LogP contribution is 2.32. The Balaban J connectivity index is 1.13. The van der Waals surface area contributed by atoms with Crippen LogP contribution in [0.5, 0.6) is 17.2 Å². The predicted molar refractivity (Wildman–Crippen MR) is 151 cm³/mol. The zero-order valence-electron chi connectivity index (χ0n) is 20.8. The van der Waals surface area contributed by atoms with Crippen molar-refractivity contribution in [3.8, 4) is 28.4 Å². The smallest absolute Gasteiger partial charge is 0.142 e. The number of benzene rings is 3. The first-order valence-electron chi connectivity index (χ1n) is 12.5. The topological polar surface area (TPSA) is 104 Å². The first-order chi connectivity index (χ1) is 18.1. The zero-order chi connectivity index (χ0) is 25.9. The van der Waals surface area contributed by atoms with Crippen molar-refractivity contribution in [1.82, 2.24) is 4.98 Å². The quantitative estimate of drug-likeness (QED) is 0.113. The molecule has 3 aromatic carbocycles. The Morgan fingerprint density at radius 2 is 1.41 bits per heavy atom. The van der Waals surface area contributed by atoms with E-state index in [1.807, 2.05) is 78.9 Å². The fourth-order valence-electron chi connectivity index (χ4n) is 3.82. The average Bonchev–Trinajstić information content (AvgIpc) is 2.92. The number of unbranched alkanes of at least 4 members (excludes halogenated alkanes) is 3. The van der Waals surface area contributed by atoms with Crippen molar-refractivity contribution in [3.63, 3.8) is 0 Å². The van der Waals surface area contributed by atoms with E-state index >= 15 is 0 Å². The molecule has 37 heavy (non-hydrogen) atoms. The monoisotopic (exact) mass is 495 g/mol. The second kappa shape index (κ2) is 13.0. The molecule has 0 saturated heterocycles. The normalized spacial score (nSPS) is 11.0. The third kappa shape index (κ3) is 7.77. The number of nitrogen functional groups attached to an aromatic ring is 2. The van der Waals surface area contributed by atoms with E-state index < -0.39 is 0 Å². The molecule has 6 heteroatoms. The predicted octanol–water partition coefficient (Wildman–Crippen LogP) is 6.81. The fraction of sp³-hybridized carbons (Fsp3) is 0.194. The molecule has 0 unspecified atom stereocenters. The lowest BCUT2D eigenvalue weighted by Gasteiger charge is -2.12. The largest absolute Gasteiger partial charge is 0.506 e. The van der Waals surface area contributed by atoms with Crippen LogP contribution in [0.1, 0.15) is 36.9 Å². The van der Waals surface area contributed by atoms with Crippen molar-refractivity contribution >= 4 is 23.5 Å². The SMILES string of the molecule is Nc1ccc(-c2ccc(N)c(OCCCCCCOc3ccc(/C=C/c4ccccn4)cc3)c2)cc1O. The van der Waals surface area contributed by atoms with Gasteiger partial charge in [0.2, 0.25) is 0 Å². The van der Waals surface area contributed by atoms with Crippen molar-refractivity contribution in [2.75, 3.05) is 24.7 Å². The van der Waals surface area contributed by atoms with E-state index in [0.717, 1.165) is 53.8 Å². The van der Waals surface area contributed by atoms with Crippen LogP contribution in [-0.2, 0) is 0 Å². The maximum atomic E-state index is 9.88. The van der Waals surface area contributed by atoms with Crippen LogP contribution < -0.4 is 20.9 Å². The van der Waals surface area contributed by atoms with Gasteiger partial charge in [-0.2, -0.15) is 0 Å². The van der Waals surface area contributed by atoms with E-state index in [1.54, 1.807) is 18.3 Å². The average molecular weight is 496 g/mol. The molecular formula is C31H33N3O3. The molecule has 5 N–H and O–H groups in total. The molecule has 0 aliphatic rings. The van der Waals surface area contributed by atoms with Gasteiger partial charge in [-0.15, -0.1) is 0 Å². The standard InChI is InChI=1S/C31H33N3O3/c32-28-16-11-24(21-30(28)35)25-12-17-29(33)31(22-25)37-20-6-2-1-5-19-36-27-14-9-23(10-15-27)8-13-26-7-3-4-18-34-26/h3-4,7-18,21-22,35H,1-2,5-6,19-20,32-33H2/b13-8+. The molecule has 0 amide bonds. The van der Waals surface area contributed by atoms with Crippen molar-refractivity contribution in [3.05, 3.63) is 96.3 Å². The van der Waals surface area contributed by atoms with Crippen molar-refractivity contribution in [2.45, 2.75) is 25.7 Å². The molecule has 4 aromatic rings. The lowest BCUT2D eigenvalue weighted by molar-refractivity contribution is 0.288. The molecule has 4 rings (SSSR count). The zero-order valence-corrected chi connectivity index (χ0v) is 20.8. The van der Waals surface area contributed by atoms with Gasteiger partial charge < -0.3 is 26.0 Å². The second-order valence-electron chi connectivity index (χ2n) is 8.79. The van der Waals surface area contributed by atoms with Gasteiger partial charge in [0.1, 0.15) is 17.2 Å². The number of aromatic nitrogens is 1. The van der Waals surface area contributed by atoms with E-state index in [2.05, 4.69) is 4.98 Å². The van der Waals surface area contributed by atoms with Gasteiger partial charge in [-0.25, -0.2) is 0 Å². The Morgan fingerprint density at radius 3 is 2.11 bits per heavy atom. The van der Waals surface area contributed by atoms with E-state index in [-0.39, 0.29) is 5.75 Å². The van der Waals surface area contributed by atoms with Gasteiger partial charge in [-0.1, -0.05) is 36.4 Å². The number of pyridine rings is 1. The van der Waals surface area contributed by atoms with Crippen LogP contribution in [0.3, 0.4) is 0 Å². The van der Waals surface area contributed by atoms with E-state index in [4.69, 9.17) is 20.9 Å². The number of anilines is 2. The molecule has 6 nitrogen and oxygen atoms in total. The summed E-state index contributed by atoms with van der Waals surface area (Å²) in [6.07, 6.45) is 9.86. The third-order valence-corrected chi connectivity index (χ3v) is 5.96. The highest BCUT2D eigenvalue weighted by atomic mass is 16.5. The van der Waals surface area contributed by atoms with Gasteiger partial charge in [0.25, 0.3) is 0 Å². The molecule has 0 fully saturated rings. The molecular weight excluding hydrogens is 462 g/mol. The number of ether oxygens (including phenoxy) is 2. The minimum absolute atomic E-state index is 0.0616. The van der Waals surface area contributed by atoms with Gasteiger partial charge >= 0.3 is 0 Å². The number of nitrogens with two attached hydrogens (primary N) is 2. The summed E-state index contributed by atoms with van der Waals surface area (Å²) >= 11 is 0. The number of aromatic hydroxyl groups is 1. The lowest BCUT2D eigenvalue weighted by Crippen LogP contribution is -2.02. The highest BCUT2D eigenvalue weighted by molar-refractivity contribution is 5.73. The number of phenols is 1. The van der Waals surface area contributed by atoms with Crippen LogP contribution in [0.25, 0.3) is 23.3 Å². The minimum atomic E-state index is 0.0616. The molecule has 1 heterocycles. The summed E-state index contributed by atoms with van der Waals surface area (Å²) < 4.78 is 11.8. The Labute approximate surface area is 218 Å². The van der Waals surface area contributed by atoms with Crippen molar-refractivity contribution < 1.29 is 14.6 Å². The summed E-state index contributed by atoms with van der Waals surface area (Å²) in [5.74, 6) is 1.59. The van der Waals surface area contributed by atoms with Gasteiger partial charge in [0.05, 0.1) is 30.3 Å². The second-order valence-corrected chi connectivity index (χ2v) is 8.79. The maximum absolute atomic E-state index is 9.88. The van der Waals surface area contributed by atoms with Crippen molar-refractivity contribution in [1.29, 1.82) is 0 Å². The minimum Gasteiger partial charge on any atom is -0.506 e. The third-order valence-electron chi connectivity index (χ3n) is 5.96. The Kier molecular flexibility index (Phi) is 9.02. The number of nitrogens with zero attached hydrogens (tertiary/aromatic N) is 1. The first-order valence-corrected chi connectivity index (χ1v) is 12.5. The highest BCUT2D eigenvalue weighted by Gasteiger charge is 2.07. The summed E-state index contributed by atoms with van der Waals surface area (Å²) in [6.45, 7) is 1.28. The van der Waals surface area contributed by atoms with Crippen LogP contribution in [0, 0.1) is 0 Å². The molecule has 190 valence electrons. The Bertz CT molecular complexity index is 1310. The summed E-state index contributed by atoms with van der Waals surface area (Å²) in [6, 6.07) is 24.7. The van der Waals surface area contributed by atoms with Crippen molar-refractivity contribution in [2.24, 2.45) is 0 Å². The number of rotatable bonds is 12. The van der Waals surface area contributed by atoms with E-state index in [9.17, 15) is 5.11 Å². The van der Waals surface area contributed by atoms with Crippen LogP contribution in [-0.4, -0.2) is 23.3 Å². The van der Waals surface area contributed by atoms with Gasteiger partial charge in [-0.3, -0.25) is 4.98 Å². The van der Waals surface area contributed by atoms with Crippen LogP contribution >= 0.6 is 0 Å². The van der Waals surface area contributed by atoms with Crippen LogP contribution in [0.2, 0.25) is 0 Å². The van der Waals surface area contributed by atoms with Gasteiger partial charge in [0, 0.05) is 6.20 Å². The van der Waals surface area contributed by atoms with E-state index in [1.165, 1.54) is 0 Å². The van der Waals surface area contributed by atoms with Gasteiger partial charge in [0.15, 0.2) is 0 Å². The summed E-state index contributed by atoms with van der Waals surface area (Å²) in [7, 11) is 0. The Hall–Kier alpha value is -4.45. The van der Waals surface area contributed by atoms with E-state index in [0.29, 0.717) is 30.3 Å². The summed E-state index contributed by atoms with van der Waals surface area (Å²) in [5, 5.41) is 9.88. The molecule has 1 aromatic heterocycles. The molecule has 0 atom stereocenters. The molecule has 0 spiro atoms. The summed E-state index contributed by atoms with van der Waals surface area (Å²) in [4.78, 5) is 4.29. The molecule has 0 saturated carbocycles. The fourth-order valence-corrected chi connectivity index (χ4v) is 3.82. The summed E-state index contributed by atoms with van der Waals surface area (Å²) in [5.41, 5.74) is 16.5. The number of hydrogen-bond donors (Lipinski definition) is 3. The van der Waals surface area contributed by atoms with Gasteiger partial charge in [-0.05, 0) is 97.0 Å².